The van der Waals surface area contributed by atoms with Gasteiger partial charge >= 0.3 is 6.18 Å². The van der Waals surface area contributed by atoms with E-state index >= 15 is 0 Å². The third-order valence-electron chi connectivity index (χ3n) is 2.20. The summed E-state index contributed by atoms with van der Waals surface area (Å²) >= 11 is 0. The summed E-state index contributed by atoms with van der Waals surface area (Å²) in [5.74, 6) is -0.814. The maximum atomic E-state index is 12.4. The molecule has 0 aliphatic carbocycles. The molecule has 0 spiro atoms. The van der Waals surface area contributed by atoms with Crippen molar-refractivity contribution in [3.8, 4) is 5.88 Å². The first-order chi connectivity index (χ1) is 8.89. The molecule has 0 radical (unpaired) electrons. The standard InChI is InChI=1S/C12H13F3N2O2/c1-3-7-17(8-12(13,14)15)11(18)9-5-4-6-16-10(9)19-2/h3-6H,1,7-8H2,2H3. The van der Waals surface area contributed by atoms with Gasteiger partial charge < -0.3 is 9.64 Å². The maximum Gasteiger partial charge on any atom is 0.406 e. The number of alkyl halides is 3. The van der Waals surface area contributed by atoms with E-state index in [1.165, 1.54) is 31.5 Å². The maximum absolute atomic E-state index is 12.4. The van der Waals surface area contributed by atoms with Gasteiger partial charge in [0.25, 0.3) is 5.91 Å². The Morgan fingerprint density at radius 3 is 2.79 bits per heavy atom. The highest BCUT2D eigenvalue weighted by Crippen LogP contribution is 2.21. The molecule has 0 aromatic carbocycles. The highest BCUT2D eigenvalue weighted by Gasteiger charge is 2.33. The van der Waals surface area contributed by atoms with Crippen LogP contribution in [-0.4, -0.2) is 42.2 Å². The average molecular weight is 274 g/mol. The smallest absolute Gasteiger partial charge is 0.406 e. The number of nitrogens with zero attached hydrogens (tertiary/aromatic N) is 2. The number of rotatable bonds is 5. The fourth-order valence-electron chi connectivity index (χ4n) is 1.48. The Morgan fingerprint density at radius 1 is 1.58 bits per heavy atom. The van der Waals surface area contributed by atoms with Gasteiger partial charge in [0.1, 0.15) is 12.1 Å². The number of hydrogen-bond acceptors (Lipinski definition) is 3. The lowest BCUT2D eigenvalue weighted by atomic mass is 10.2. The Hall–Kier alpha value is -2.05. The van der Waals surface area contributed by atoms with Crippen LogP contribution >= 0.6 is 0 Å². The second-order valence-electron chi connectivity index (χ2n) is 3.65. The molecule has 1 heterocycles. The summed E-state index contributed by atoms with van der Waals surface area (Å²) in [7, 11) is 1.29. The van der Waals surface area contributed by atoms with Gasteiger partial charge in [-0.1, -0.05) is 6.08 Å². The number of carbonyl (C=O) groups is 1. The van der Waals surface area contributed by atoms with Crippen molar-refractivity contribution in [1.29, 1.82) is 0 Å². The first kappa shape index (κ1) is 15.0. The van der Waals surface area contributed by atoms with Crippen molar-refractivity contribution >= 4 is 5.91 Å². The molecule has 19 heavy (non-hydrogen) atoms. The molecule has 7 heteroatoms. The molecule has 0 aliphatic heterocycles. The number of ether oxygens (including phenoxy) is 1. The van der Waals surface area contributed by atoms with E-state index in [4.69, 9.17) is 4.74 Å². The first-order valence-electron chi connectivity index (χ1n) is 5.35. The monoisotopic (exact) mass is 274 g/mol. The normalized spacial score (nSPS) is 10.9. The molecular formula is C12H13F3N2O2. The Labute approximate surface area is 108 Å². The summed E-state index contributed by atoms with van der Waals surface area (Å²) in [6.45, 7) is 1.78. The summed E-state index contributed by atoms with van der Waals surface area (Å²) in [6, 6.07) is 2.82. The van der Waals surface area contributed by atoms with Gasteiger partial charge in [0.2, 0.25) is 5.88 Å². The van der Waals surface area contributed by atoms with E-state index in [1.807, 2.05) is 0 Å². The quantitative estimate of drug-likeness (QED) is 0.774. The molecule has 0 N–H and O–H groups in total. The molecule has 0 atom stereocenters. The summed E-state index contributed by atoms with van der Waals surface area (Å²) in [4.78, 5) is 16.5. The fourth-order valence-corrected chi connectivity index (χ4v) is 1.48. The van der Waals surface area contributed by atoms with E-state index in [0.717, 1.165) is 0 Å². The van der Waals surface area contributed by atoms with Crippen LogP contribution in [0.4, 0.5) is 13.2 Å². The zero-order valence-corrected chi connectivity index (χ0v) is 10.3. The average Bonchev–Trinajstić information content (AvgIpc) is 2.36. The van der Waals surface area contributed by atoms with Gasteiger partial charge in [-0.25, -0.2) is 4.98 Å². The fraction of sp³-hybridized carbons (Fsp3) is 0.333. The molecule has 104 valence electrons. The van der Waals surface area contributed by atoms with Crippen LogP contribution in [0.2, 0.25) is 0 Å². The molecule has 1 aromatic heterocycles. The number of methoxy groups -OCH3 is 1. The van der Waals surface area contributed by atoms with Crippen molar-refractivity contribution in [3.05, 3.63) is 36.5 Å². The molecule has 1 aromatic rings. The molecule has 0 fully saturated rings. The minimum Gasteiger partial charge on any atom is -0.480 e. The lowest BCUT2D eigenvalue weighted by Crippen LogP contribution is -2.39. The van der Waals surface area contributed by atoms with Gasteiger partial charge in [0.05, 0.1) is 7.11 Å². The molecule has 1 amide bonds. The molecular weight excluding hydrogens is 261 g/mol. The van der Waals surface area contributed by atoms with Crippen LogP contribution in [-0.2, 0) is 0 Å². The molecule has 0 unspecified atom stereocenters. The van der Waals surface area contributed by atoms with E-state index in [9.17, 15) is 18.0 Å². The SMILES string of the molecule is C=CCN(CC(F)(F)F)C(=O)c1cccnc1OC. The zero-order valence-electron chi connectivity index (χ0n) is 10.3. The minimum atomic E-state index is -4.48. The predicted molar refractivity (Wildman–Crippen MR) is 62.9 cm³/mol. The van der Waals surface area contributed by atoms with Crippen molar-refractivity contribution in [3.63, 3.8) is 0 Å². The highest BCUT2D eigenvalue weighted by atomic mass is 19.4. The van der Waals surface area contributed by atoms with Gasteiger partial charge in [0.15, 0.2) is 0 Å². The zero-order chi connectivity index (χ0) is 14.5. The van der Waals surface area contributed by atoms with Crippen molar-refractivity contribution in [2.45, 2.75) is 6.18 Å². The summed E-state index contributed by atoms with van der Waals surface area (Å²) in [6.07, 6.45) is -1.86. The van der Waals surface area contributed by atoms with E-state index in [2.05, 4.69) is 11.6 Å². The van der Waals surface area contributed by atoms with Crippen LogP contribution in [0.1, 0.15) is 10.4 Å². The van der Waals surface area contributed by atoms with E-state index in [-0.39, 0.29) is 18.0 Å². The topological polar surface area (TPSA) is 42.4 Å². The molecule has 0 aliphatic rings. The predicted octanol–water partition coefficient (Wildman–Crippen LogP) is 2.28. The molecule has 0 bridgehead atoms. The Balaban J connectivity index is 3.02. The van der Waals surface area contributed by atoms with Gasteiger partial charge in [0, 0.05) is 12.7 Å². The van der Waals surface area contributed by atoms with Crippen molar-refractivity contribution in [1.82, 2.24) is 9.88 Å². The number of aromatic nitrogens is 1. The Kier molecular flexibility index (Phi) is 4.91. The Morgan fingerprint density at radius 2 is 2.26 bits per heavy atom. The van der Waals surface area contributed by atoms with Crippen molar-refractivity contribution in [2.24, 2.45) is 0 Å². The third-order valence-corrected chi connectivity index (χ3v) is 2.20. The number of pyridine rings is 1. The van der Waals surface area contributed by atoms with Gasteiger partial charge in [-0.05, 0) is 12.1 Å². The largest absolute Gasteiger partial charge is 0.480 e. The molecule has 0 saturated heterocycles. The molecule has 1 rings (SSSR count). The summed E-state index contributed by atoms with van der Waals surface area (Å²) < 4.78 is 42.1. The summed E-state index contributed by atoms with van der Waals surface area (Å²) in [5.41, 5.74) is -0.0175. The summed E-state index contributed by atoms with van der Waals surface area (Å²) in [5, 5.41) is 0. The molecule has 0 saturated carbocycles. The van der Waals surface area contributed by atoms with Crippen LogP contribution in [0, 0.1) is 0 Å². The van der Waals surface area contributed by atoms with Crippen LogP contribution in [0.5, 0.6) is 5.88 Å². The second kappa shape index (κ2) is 6.21. The highest BCUT2D eigenvalue weighted by molar-refractivity contribution is 5.96. The van der Waals surface area contributed by atoms with E-state index in [0.29, 0.717) is 4.90 Å². The number of hydrogen-bond donors (Lipinski definition) is 0. The van der Waals surface area contributed by atoms with E-state index in [1.54, 1.807) is 0 Å². The van der Waals surface area contributed by atoms with Crippen molar-refractivity contribution in [2.75, 3.05) is 20.2 Å². The Bertz CT molecular complexity index is 461. The van der Waals surface area contributed by atoms with Gasteiger partial charge in [-0.3, -0.25) is 4.79 Å². The van der Waals surface area contributed by atoms with E-state index < -0.39 is 18.6 Å². The van der Waals surface area contributed by atoms with Crippen LogP contribution in [0.25, 0.3) is 0 Å². The van der Waals surface area contributed by atoms with Crippen LogP contribution in [0.15, 0.2) is 31.0 Å². The van der Waals surface area contributed by atoms with Gasteiger partial charge in [-0.15, -0.1) is 6.58 Å². The number of amides is 1. The second-order valence-corrected chi connectivity index (χ2v) is 3.65. The van der Waals surface area contributed by atoms with Crippen molar-refractivity contribution < 1.29 is 22.7 Å². The third kappa shape index (κ3) is 4.27. The van der Waals surface area contributed by atoms with Gasteiger partial charge in [-0.2, -0.15) is 13.2 Å². The lowest BCUT2D eigenvalue weighted by molar-refractivity contribution is -0.139. The lowest BCUT2D eigenvalue weighted by Gasteiger charge is -2.23. The number of halogens is 3. The van der Waals surface area contributed by atoms with Crippen LogP contribution in [0.3, 0.4) is 0 Å². The number of carbonyl (C=O) groups excluding carboxylic acids is 1. The van der Waals surface area contributed by atoms with Crippen LogP contribution < -0.4 is 4.74 Å². The minimum absolute atomic E-state index is 0.0104. The first-order valence-corrected chi connectivity index (χ1v) is 5.35. The molecule has 4 nitrogen and oxygen atoms in total.